The number of benzene rings is 1. The van der Waals surface area contributed by atoms with Gasteiger partial charge in [-0.25, -0.2) is 4.79 Å². The molecule has 3 unspecified atom stereocenters. The van der Waals surface area contributed by atoms with E-state index in [-0.39, 0.29) is 12.5 Å². The highest BCUT2D eigenvalue weighted by Gasteiger charge is 2.20. The zero-order chi connectivity index (χ0) is 17.9. The predicted octanol–water partition coefficient (Wildman–Crippen LogP) is 3.06. The highest BCUT2D eigenvalue weighted by molar-refractivity contribution is 5.67. The van der Waals surface area contributed by atoms with Crippen molar-refractivity contribution in [2.75, 3.05) is 13.7 Å². The molecule has 2 N–H and O–H groups in total. The first kappa shape index (κ1) is 19.9. The zero-order valence-corrected chi connectivity index (χ0v) is 14.6. The van der Waals surface area contributed by atoms with Crippen LogP contribution in [0.5, 0.6) is 0 Å². The third-order valence-corrected chi connectivity index (χ3v) is 3.64. The van der Waals surface area contributed by atoms with Crippen molar-refractivity contribution in [3.63, 3.8) is 0 Å². The highest BCUT2D eigenvalue weighted by Crippen LogP contribution is 2.14. The van der Waals surface area contributed by atoms with Gasteiger partial charge >= 0.3 is 6.09 Å². The van der Waals surface area contributed by atoms with Crippen LogP contribution in [0.1, 0.15) is 19.4 Å². The molecule has 0 aliphatic rings. The maximum absolute atomic E-state index is 11.7. The number of aliphatic hydroxyl groups excluding tert-OH is 1. The minimum absolute atomic E-state index is 0.149. The summed E-state index contributed by atoms with van der Waals surface area (Å²) in [6.45, 7) is 7.95. The van der Waals surface area contributed by atoms with Gasteiger partial charge in [-0.3, -0.25) is 0 Å². The molecule has 0 fully saturated rings. The minimum atomic E-state index is -0.700. The first-order chi connectivity index (χ1) is 11.5. The molecular formula is C19H27NO4. The summed E-state index contributed by atoms with van der Waals surface area (Å²) in [5.41, 5.74) is 1.86. The Morgan fingerprint density at radius 3 is 2.62 bits per heavy atom. The largest absolute Gasteiger partial charge is 0.445 e. The second-order valence-corrected chi connectivity index (χ2v) is 5.71. The molecule has 1 aromatic carbocycles. The second-order valence-electron chi connectivity index (χ2n) is 5.71. The first-order valence-corrected chi connectivity index (χ1v) is 7.93. The lowest BCUT2D eigenvalue weighted by molar-refractivity contribution is -0.00162. The van der Waals surface area contributed by atoms with Crippen LogP contribution in [0.3, 0.4) is 0 Å². The fraction of sp³-hybridized carbons (Fsp3) is 0.421. The van der Waals surface area contributed by atoms with E-state index >= 15 is 0 Å². The smallest absolute Gasteiger partial charge is 0.407 e. The van der Waals surface area contributed by atoms with Crippen LogP contribution in [0, 0.1) is 5.92 Å². The summed E-state index contributed by atoms with van der Waals surface area (Å²) in [7, 11) is 1.53. The Kier molecular flexibility index (Phi) is 8.83. The number of nitrogens with one attached hydrogen (secondary N) is 1. The van der Waals surface area contributed by atoms with Gasteiger partial charge in [-0.15, -0.1) is 6.58 Å². The topological polar surface area (TPSA) is 67.8 Å². The van der Waals surface area contributed by atoms with E-state index in [4.69, 9.17) is 9.47 Å². The summed E-state index contributed by atoms with van der Waals surface area (Å²) in [4.78, 5) is 11.7. The van der Waals surface area contributed by atoms with E-state index in [1.54, 1.807) is 6.08 Å². The summed E-state index contributed by atoms with van der Waals surface area (Å²) in [5, 5.41) is 12.8. The maximum Gasteiger partial charge on any atom is 0.407 e. The van der Waals surface area contributed by atoms with Crippen LogP contribution in [0.15, 0.2) is 54.6 Å². The molecule has 24 heavy (non-hydrogen) atoms. The molecule has 132 valence electrons. The number of alkyl carbamates (subject to hydrolysis) is 1. The monoisotopic (exact) mass is 333 g/mol. The van der Waals surface area contributed by atoms with Crippen molar-refractivity contribution in [1.82, 2.24) is 5.32 Å². The molecular weight excluding hydrogens is 306 g/mol. The first-order valence-electron chi connectivity index (χ1n) is 7.93. The van der Waals surface area contributed by atoms with Crippen LogP contribution in [0.25, 0.3) is 0 Å². The van der Waals surface area contributed by atoms with Gasteiger partial charge in [-0.05, 0) is 18.1 Å². The fourth-order valence-electron chi connectivity index (χ4n) is 2.27. The molecule has 0 saturated heterocycles. The molecule has 1 aromatic rings. The highest BCUT2D eigenvalue weighted by atomic mass is 16.5. The number of aliphatic hydroxyl groups is 1. The predicted molar refractivity (Wildman–Crippen MR) is 94.6 cm³/mol. The summed E-state index contributed by atoms with van der Waals surface area (Å²) in [6.07, 6.45) is 1.83. The molecule has 0 aromatic heterocycles. The Bertz CT molecular complexity index is 542. The molecule has 0 aliphatic carbocycles. The van der Waals surface area contributed by atoms with Crippen molar-refractivity contribution in [3.8, 4) is 0 Å². The van der Waals surface area contributed by atoms with Gasteiger partial charge < -0.3 is 19.9 Å². The Labute approximate surface area is 144 Å². The third-order valence-electron chi connectivity index (χ3n) is 3.64. The molecule has 3 atom stereocenters. The molecule has 5 heteroatoms. The minimum Gasteiger partial charge on any atom is -0.445 e. The SMILES string of the molecule is C=CC(OC)C(O)C(C)/C=C(/C)COC(=O)NCc1ccccc1. The second kappa shape index (κ2) is 10.6. The van der Waals surface area contributed by atoms with Crippen molar-refractivity contribution in [1.29, 1.82) is 0 Å². The van der Waals surface area contributed by atoms with E-state index in [2.05, 4.69) is 11.9 Å². The molecule has 1 rings (SSSR count). The van der Waals surface area contributed by atoms with Crippen molar-refractivity contribution >= 4 is 6.09 Å². The Hall–Kier alpha value is -2.11. The van der Waals surface area contributed by atoms with Crippen LogP contribution in [-0.4, -0.2) is 37.1 Å². The van der Waals surface area contributed by atoms with Gasteiger partial charge in [-0.1, -0.05) is 49.4 Å². The Balaban J connectivity index is 2.39. The van der Waals surface area contributed by atoms with E-state index in [0.29, 0.717) is 6.54 Å². The van der Waals surface area contributed by atoms with E-state index < -0.39 is 18.3 Å². The lowest BCUT2D eigenvalue weighted by Crippen LogP contribution is -2.31. The fourth-order valence-corrected chi connectivity index (χ4v) is 2.27. The third kappa shape index (κ3) is 6.98. The Morgan fingerprint density at radius 2 is 2.04 bits per heavy atom. The average Bonchev–Trinajstić information content (AvgIpc) is 2.60. The van der Waals surface area contributed by atoms with Gasteiger partial charge in [0.1, 0.15) is 12.7 Å². The number of carbonyl (C=O) groups is 1. The van der Waals surface area contributed by atoms with E-state index in [0.717, 1.165) is 11.1 Å². The van der Waals surface area contributed by atoms with Crippen LogP contribution < -0.4 is 5.32 Å². The van der Waals surface area contributed by atoms with E-state index in [9.17, 15) is 9.90 Å². The zero-order valence-electron chi connectivity index (χ0n) is 14.6. The van der Waals surface area contributed by atoms with E-state index in [1.807, 2.05) is 50.3 Å². The van der Waals surface area contributed by atoms with Crippen molar-refractivity contribution in [2.24, 2.45) is 5.92 Å². The number of rotatable bonds is 9. The summed E-state index contributed by atoms with van der Waals surface area (Å²) in [5.74, 6) is -0.149. The standard InChI is InChI=1S/C19H27NO4/c1-5-17(23-4)18(21)15(3)11-14(2)13-24-19(22)20-12-16-9-7-6-8-10-16/h5-11,15,17-18,21H,1,12-13H2,2-4H3,(H,20,22)/b14-11-. The van der Waals surface area contributed by atoms with Gasteiger partial charge in [0.25, 0.3) is 0 Å². The Morgan fingerprint density at radius 1 is 1.38 bits per heavy atom. The molecule has 1 amide bonds. The van der Waals surface area contributed by atoms with Crippen molar-refractivity contribution < 1.29 is 19.4 Å². The molecule has 0 heterocycles. The van der Waals surface area contributed by atoms with Crippen LogP contribution in [0.4, 0.5) is 4.79 Å². The molecule has 0 aliphatic heterocycles. The van der Waals surface area contributed by atoms with E-state index in [1.165, 1.54) is 7.11 Å². The summed E-state index contributed by atoms with van der Waals surface area (Å²) < 4.78 is 10.3. The maximum atomic E-state index is 11.7. The van der Waals surface area contributed by atoms with Crippen LogP contribution >= 0.6 is 0 Å². The van der Waals surface area contributed by atoms with Gasteiger partial charge in [-0.2, -0.15) is 0 Å². The number of hydrogen-bond acceptors (Lipinski definition) is 4. The quantitative estimate of drug-likeness (QED) is 0.682. The van der Waals surface area contributed by atoms with Gasteiger partial charge in [0.15, 0.2) is 0 Å². The lowest BCUT2D eigenvalue weighted by atomic mass is 9.97. The number of ether oxygens (including phenoxy) is 2. The van der Waals surface area contributed by atoms with Crippen LogP contribution in [-0.2, 0) is 16.0 Å². The molecule has 0 bridgehead atoms. The normalized spacial score (nSPS) is 15.2. The van der Waals surface area contributed by atoms with Gasteiger partial charge in [0.2, 0.25) is 0 Å². The average molecular weight is 333 g/mol. The molecule has 5 nitrogen and oxygen atoms in total. The van der Waals surface area contributed by atoms with Crippen molar-refractivity contribution in [3.05, 3.63) is 60.2 Å². The van der Waals surface area contributed by atoms with Gasteiger partial charge in [0, 0.05) is 19.6 Å². The summed E-state index contributed by atoms with van der Waals surface area (Å²) in [6, 6.07) is 9.61. The molecule has 0 saturated carbocycles. The van der Waals surface area contributed by atoms with Crippen molar-refractivity contribution in [2.45, 2.75) is 32.6 Å². The number of methoxy groups -OCH3 is 1. The molecule has 0 radical (unpaired) electrons. The van der Waals surface area contributed by atoms with Crippen LogP contribution in [0.2, 0.25) is 0 Å². The number of carbonyl (C=O) groups excluding carboxylic acids is 1. The van der Waals surface area contributed by atoms with Gasteiger partial charge in [0.05, 0.1) is 6.10 Å². The molecule has 0 spiro atoms. The number of amides is 1. The summed E-state index contributed by atoms with van der Waals surface area (Å²) >= 11 is 0. The lowest BCUT2D eigenvalue weighted by Gasteiger charge is -2.22. The number of hydrogen-bond donors (Lipinski definition) is 2.